The number of hydrogen-bond donors (Lipinski definition) is 1. The smallest absolute Gasteiger partial charge is 0.160 e. The van der Waals surface area contributed by atoms with Gasteiger partial charge in [0, 0.05) is 6.42 Å². The van der Waals surface area contributed by atoms with Gasteiger partial charge in [0.2, 0.25) is 0 Å². The van der Waals surface area contributed by atoms with Crippen molar-refractivity contribution < 1.29 is 14.3 Å². The third-order valence-electron chi connectivity index (χ3n) is 2.20. The standard InChI is InChI=1S/C12H12O3/c1-14-12-8-9(4-5-11(12)13)7-10-3-2-6-15-10/h2-6,8,13H,7H2,1H3. The number of benzene rings is 1. The zero-order valence-corrected chi connectivity index (χ0v) is 8.43. The third kappa shape index (κ3) is 2.13. The molecule has 1 heterocycles. The summed E-state index contributed by atoms with van der Waals surface area (Å²) >= 11 is 0. The lowest BCUT2D eigenvalue weighted by atomic mass is 10.1. The van der Waals surface area contributed by atoms with Gasteiger partial charge in [0.1, 0.15) is 5.76 Å². The molecule has 0 atom stereocenters. The molecular formula is C12H12O3. The Labute approximate surface area is 87.9 Å². The summed E-state index contributed by atoms with van der Waals surface area (Å²) in [7, 11) is 1.53. The summed E-state index contributed by atoms with van der Waals surface area (Å²) in [6.45, 7) is 0. The molecule has 0 saturated carbocycles. The van der Waals surface area contributed by atoms with Crippen molar-refractivity contribution in [1.29, 1.82) is 0 Å². The number of methoxy groups -OCH3 is 1. The molecule has 3 heteroatoms. The highest BCUT2D eigenvalue weighted by atomic mass is 16.5. The minimum absolute atomic E-state index is 0.153. The van der Waals surface area contributed by atoms with Gasteiger partial charge in [0.05, 0.1) is 13.4 Å². The molecule has 0 bridgehead atoms. The van der Waals surface area contributed by atoms with Gasteiger partial charge in [0.15, 0.2) is 11.5 Å². The van der Waals surface area contributed by atoms with Crippen molar-refractivity contribution in [2.24, 2.45) is 0 Å². The van der Waals surface area contributed by atoms with E-state index in [9.17, 15) is 5.11 Å². The molecule has 2 aromatic rings. The molecule has 0 aliphatic rings. The van der Waals surface area contributed by atoms with Crippen molar-refractivity contribution in [1.82, 2.24) is 0 Å². The predicted molar refractivity (Wildman–Crippen MR) is 56.2 cm³/mol. The Hall–Kier alpha value is -1.90. The molecule has 0 spiro atoms. The van der Waals surface area contributed by atoms with Crippen molar-refractivity contribution in [3.8, 4) is 11.5 Å². The highest BCUT2D eigenvalue weighted by Gasteiger charge is 2.04. The highest BCUT2D eigenvalue weighted by Crippen LogP contribution is 2.27. The molecule has 1 N–H and O–H groups in total. The van der Waals surface area contributed by atoms with Gasteiger partial charge in [-0.2, -0.15) is 0 Å². The molecule has 0 fully saturated rings. The Balaban J connectivity index is 2.22. The van der Waals surface area contributed by atoms with E-state index in [0.717, 1.165) is 11.3 Å². The van der Waals surface area contributed by atoms with Gasteiger partial charge in [-0.15, -0.1) is 0 Å². The monoisotopic (exact) mass is 204 g/mol. The number of phenols is 1. The number of ether oxygens (including phenoxy) is 1. The summed E-state index contributed by atoms with van der Waals surface area (Å²) in [4.78, 5) is 0. The minimum Gasteiger partial charge on any atom is -0.504 e. The van der Waals surface area contributed by atoms with Gasteiger partial charge >= 0.3 is 0 Å². The molecular weight excluding hydrogens is 192 g/mol. The summed E-state index contributed by atoms with van der Waals surface area (Å²) in [5, 5.41) is 9.41. The average molecular weight is 204 g/mol. The summed E-state index contributed by atoms with van der Waals surface area (Å²) in [5.74, 6) is 1.53. The third-order valence-corrected chi connectivity index (χ3v) is 2.20. The lowest BCUT2D eigenvalue weighted by Crippen LogP contribution is -1.89. The molecule has 78 valence electrons. The summed E-state index contributed by atoms with van der Waals surface area (Å²) in [6.07, 6.45) is 2.34. The number of rotatable bonds is 3. The Morgan fingerprint density at radius 1 is 1.33 bits per heavy atom. The summed E-state index contributed by atoms with van der Waals surface area (Å²) < 4.78 is 10.3. The van der Waals surface area contributed by atoms with Crippen LogP contribution in [0.3, 0.4) is 0 Å². The maximum absolute atomic E-state index is 9.41. The van der Waals surface area contributed by atoms with Crippen LogP contribution in [0, 0.1) is 0 Å². The largest absolute Gasteiger partial charge is 0.504 e. The first-order valence-electron chi connectivity index (χ1n) is 4.68. The molecule has 15 heavy (non-hydrogen) atoms. The van der Waals surface area contributed by atoms with Gasteiger partial charge in [0.25, 0.3) is 0 Å². The maximum atomic E-state index is 9.41. The normalized spacial score (nSPS) is 10.2. The van der Waals surface area contributed by atoms with Crippen LogP contribution in [-0.2, 0) is 6.42 Å². The fraction of sp³-hybridized carbons (Fsp3) is 0.167. The molecule has 1 aromatic heterocycles. The van der Waals surface area contributed by atoms with Crippen molar-refractivity contribution in [3.05, 3.63) is 47.9 Å². The first kappa shape index (κ1) is 9.65. The Morgan fingerprint density at radius 3 is 2.87 bits per heavy atom. The van der Waals surface area contributed by atoms with Crippen LogP contribution in [-0.4, -0.2) is 12.2 Å². The van der Waals surface area contributed by atoms with Crippen LogP contribution in [0.5, 0.6) is 11.5 Å². The fourth-order valence-electron chi connectivity index (χ4n) is 1.45. The number of phenolic OH excluding ortho intramolecular Hbond substituents is 1. The van der Waals surface area contributed by atoms with E-state index in [1.807, 2.05) is 18.2 Å². The maximum Gasteiger partial charge on any atom is 0.160 e. The summed E-state index contributed by atoms with van der Waals surface area (Å²) in [5.41, 5.74) is 1.04. The lowest BCUT2D eigenvalue weighted by Gasteiger charge is -2.05. The van der Waals surface area contributed by atoms with Crippen LogP contribution in [0.4, 0.5) is 0 Å². The first-order valence-corrected chi connectivity index (χ1v) is 4.68. The van der Waals surface area contributed by atoms with Crippen LogP contribution < -0.4 is 4.74 Å². The molecule has 3 nitrogen and oxygen atoms in total. The van der Waals surface area contributed by atoms with E-state index in [-0.39, 0.29) is 5.75 Å². The van der Waals surface area contributed by atoms with Crippen molar-refractivity contribution >= 4 is 0 Å². The molecule has 0 aliphatic heterocycles. The van der Waals surface area contributed by atoms with Crippen LogP contribution in [0.15, 0.2) is 41.0 Å². The van der Waals surface area contributed by atoms with Gasteiger partial charge in [-0.05, 0) is 29.8 Å². The Bertz CT molecular complexity index is 432. The van der Waals surface area contributed by atoms with Gasteiger partial charge in [-0.1, -0.05) is 6.07 Å². The Kier molecular flexibility index (Phi) is 2.63. The SMILES string of the molecule is COc1cc(Cc2ccco2)ccc1O. The van der Waals surface area contributed by atoms with Crippen molar-refractivity contribution in [2.45, 2.75) is 6.42 Å². The van der Waals surface area contributed by atoms with Crippen LogP contribution in [0.2, 0.25) is 0 Å². The van der Waals surface area contributed by atoms with Crippen molar-refractivity contribution in [2.75, 3.05) is 7.11 Å². The highest BCUT2D eigenvalue weighted by molar-refractivity contribution is 5.42. The molecule has 0 aliphatic carbocycles. The number of furan rings is 1. The predicted octanol–water partition coefficient (Wildman–Crippen LogP) is 2.58. The molecule has 0 radical (unpaired) electrons. The first-order chi connectivity index (χ1) is 7.29. The molecule has 0 unspecified atom stereocenters. The van der Waals surface area contributed by atoms with Crippen LogP contribution in [0.25, 0.3) is 0 Å². The van der Waals surface area contributed by atoms with E-state index in [2.05, 4.69) is 0 Å². The van der Waals surface area contributed by atoms with Crippen LogP contribution >= 0.6 is 0 Å². The summed E-state index contributed by atoms with van der Waals surface area (Å²) in [6, 6.07) is 9.04. The van der Waals surface area contributed by atoms with Gasteiger partial charge in [-0.3, -0.25) is 0 Å². The lowest BCUT2D eigenvalue weighted by molar-refractivity contribution is 0.373. The number of hydrogen-bond acceptors (Lipinski definition) is 3. The van der Waals surface area contributed by atoms with E-state index in [1.165, 1.54) is 7.11 Å². The van der Waals surface area contributed by atoms with E-state index < -0.39 is 0 Å². The molecule has 0 saturated heterocycles. The number of aromatic hydroxyl groups is 1. The van der Waals surface area contributed by atoms with E-state index >= 15 is 0 Å². The minimum atomic E-state index is 0.153. The van der Waals surface area contributed by atoms with Crippen molar-refractivity contribution in [3.63, 3.8) is 0 Å². The second-order valence-corrected chi connectivity index (χ2v) is 3.26. The van der Waals surface area contributed by atoms with E-state index in [4.69, 9.17) is 9.15 Å². The molecule has 2 rings (SSSR count). The molecule has 0 amide bonds. The average Bonchev–Trinajstić information content (AvgIpc) is 2.73. The van der Waals surface area contributed by atoms with Gasteiger partial charge in [-0.25, -0.2) is 0 Å². The zero-order valence-electron chi connectivity index (χ0n) is 8.43. The second kappa shape index (κ2) is 4.09. The van der Waals surface area contributed by atoms with E-state index in [1.54, 1.807) is 18.4 Å². The quantitative estimate of drug-likeness (QED) is 0.835. The van der Waals surface area contributed by atoms with E-state index in [0.29, 0.717) is 12.2 Å². The second-order valence-electron chi connectivity index (χ2n) is 3.26. The Morgan fingerprint density at radius 2 is 2.20 bits per heavy atom. The van der Waals surface area contributed by atoms with Crippen LogP contribution in [0.1, 0.15) is 11.3 Å². The molecule has 1 aromatic carbocycles. The van der Waals surface area contributed by atoms with Gasteiger partial charge < -0.3 is 14.3 Å². The topological polar surface area (TPSA) is 42.6 Å². The zero-order chi connectivity index (χ0) is 10.7. The fourth-order valence-corrected chi connectivity index (χ4v) is 1.45.